The Hall–Kier alpha value is -1.36. The van der Waals surface area contributed by atoms with E-state index in [9.17, 15) is 0 Å². The number of hydrogen-bond acceptors (Lipinski definition) is 5. The van der Waals surface area contributed by atoms with E-state index >= 15 is 0 Å². The van der Waals surface area contributed by atoms with Crippen LogP contribution in [0.4, 0.5) is 11.6 Å². The van der Waals surface area contributed by atoms with Crippen LogP contribution in [-0.2, 0) is 5.41 Å². The van der Waals surface area contributed by atoms with Gasteiger partial charge in [-0.3, -0.25) is 0 Å². The Morgan fingerprint density at radius 3 is 1.90 bits per heavy atom. The summed E-state index contributed by atoms with van der Waals surface area (Å²) in [5.74, 6) is 7.73. The first-order valence-corrected chi connectivity index (χ1v) is 7.47. The molecule has 1 rings (SSSR count). The molecule has 4 N–H and O–H groups in total. The average molecular weight is 293 g/mol. The van der Waals surface area contributed by atoms with Gasteiger partial charge < -0.3 is 10.7 Å². The molecule has 0 saturated carbocycles. The topological polar surface area (TPSA) is 75.9 Å². The van der Waals surface area contributed by atoms with Crippen LogP contribution in [-0.4, -0.2) is 15.5 Å². The van der Waals surface area contributed by atoms with Crippen molar-refractivity contribution in [3.05, 3.63) is 11.9 Å². The number of anilines is 2. The van der Waals surface area contributed by atoms with E-state index in [1.54, 1.807) is 0 Å². The molecular formula is C16H31N5. The largest absolute Gasteiger partial charge is 0.365 e. The fourth-order valence-corrected chi connectivity index (χ4v) is 2.64. The third-order valence-electron chi connectivity index (χ3n) is 2.98. The Balaban J connectivity index is 3.08. The van der Waals surface area contributed by atoms with Gasteiger partial charge >= 0.3 is 0 Å². The van der Waals surface area contributed by atoms with Crippen LogP contribution < -0.4 is 16.6 Å². The number of hydrazine groups is 1. The number of nitrogens with zero attached hydrogens (tertiary/aromatic N) is 2. The zero-order chi connectivity index (χ0) is 16.5. The van der Waals surface area contributed by atoms with Crippen molar-refractivity contribution in [2.24, 2.45) is 11.3 Å². The van der Waals surface area contributed by atoms with Gasteiger partial charge in [0, 0.05) is 17.0 Å². The maximum Gasteiger partial charge on any atom is 0.145 e. The van der Waals surface area contributed by atoms with Crippen LogP contribution in [0.2, 0.25) is 0 Å². The van der Waals surface area contributed by atoms with E-state index in [1.807, 2.05) is 6.07 Å². The van der Waals surface area contributed by atoms with Crippen LogP contribution in [0.1, 0.15) is 67.6 Å². The molecule has 0 unspecified atom stereocenters. The van der Waals surface area contributed by atoms with Gasteiger partial charge in [-0.05, 0) is 25.7 Å². The van der Waals surface area contributed by atoms with Crippen LogP contribution in [0.5, 0.6) is 0 Å². The molecule has 0 aliphatic carbocycles. The Kier molecular flexibility index (Phi) is 4.88. The number of nitrogens with two attached hydrogens (primary N) is 1. The summed E-state index contributed by atoms with van der Waals surface area (Å²) < 4.78 is 0. The third-order valence-corrected chi connectivity index (χ3v) is 2.98. The Morgan fingerprint density at radius 1 is 0.952 bits per heavy atom. The van der Waals surface area contributed by atoms with Crippen molar-refractivity contribution in [3.8, 4) is 0 Å². The molecule has 5 nitrogen and oxygen atoms in total. The predicted octanol–water partition coefficient (Wildman–Crippen LogP) is 3.69. The Morgan fingerprint density at radius 2 is 1.48 bits per heavy atom. The van der Waals surface area contributed by atoms with Crippen LogP contribution in [0.3, 0.4) is 0 Å². The molecular weight excluding hydrogens is 262 g/mol. The van der Waals surface area contributed by atoms with Crippen LogP contribution in [0.25, 0.3) is 0 Å². The van der Waals surface area contributed by atoms with Crippen molar-refractivity contribution in [2.75, 3.05) is 10.7 Å². The minimum Gasteiger partial charge on any atom is -0.365 e. The first-order chi connectivity index (χ1) is 9.32. The van der Waals surface area contributed by atoms with Crippen molar-refractivity contribution in [1.82, 2.24) is 9.97 Å². The third kappa shape index (κ3) is 5.87. The fourth-order valence-electron chi connectivity index (χ4n) is 2.64. The molecule has 0 amide bonds. The number of nitrogen functional groups attached to an aromatic ring is 1. The Labute approximate surface area is 129 Å². The van der Waals surface area contributed by atoms with E-state index in [2.05, 4.69) is 76.1 Å². The lowest BCUT2D eigenvalue weighted by molar-refractivity contribution is 0.302. The fraction of sp³-hybridized carbons (Fsp3) is 0.750. The molecule has 0 aromatic carbocycles. The van der Waals surface area contributed by atoms with Gasteiger partial charge in [0.2, 0.25) is 0 Å². The normalized spacial score (nSPS) is 13.2. The van der Waals surface area contributed by atoms with Crippen molar-refractivity contribution in [2.45, 2.75) is 72.8 Å². The highest BCUT2D eigenvalue weighted by atomic mass is 15.3. The lowest BCUT2D eigenvalue weighted by Crippen LogP contribution is -2.36. The average Bonchev–Trinajstić information content (AvgIpc) is 2.22. The van der Waals surface area contributed by atoms with Gasteiger partial charge in [-0.25, -0.2) is 15.8 Å². The summed E-state index contributed by atoms with van der Waals surface area (Å²) in [6.45, 7) is 17.4. The molecule has 0 saturated heterocycles. The SMILES string of the molecule is CC(C)(C)CC(C)(C)Nc1cc(NN)nc(C(C)(C)C)n1. The number of rotatable bonds is 4. The number of nitrogens with one attached hydrogen (secondary N) is 2. The lowest BCUT2D eigenvalue weighted by Gasteiger charge is -2.34. The van der Waals surface area contributed by atoms with E-state index in [-0.39, 0.29) is 16.4 Å². The molecule has 0 atom stereocenters. The van der Waals surface area contributed by atoms with Crippen LogP contribution in [0.15, 0.2) is 6.07 Å². The molecule has 0 aliphatic rings. The molecule has 0 spiro atoms. The van der Waals surface area contributed by atoms with Crippen LogP contribution >= 0.6 is 0 Å². The van der Waals surface area contributed by atoms with Gasteiger partial charge in [0.25, 0.3) is 0 Å². The van der Waals surface area contributed by atoms with E-state index in [1.165, 1.54) is 0 Å². The summed E-state index contributed by atoms with van der Waals surface area (Å²) in [5, 5.41) is 3.52. The summed E-state index contributed by atoms with van der Waals surface area (Å²) in [4.78, 5) is 9.09. The summed E-state index contributed by atoms with van der Waals surface area (Å²) in [5.41, 5.74) is 2.67. The molecule has 1 aromatic rings. The summed E-state index contributed by atoms with van der Waals surface area (Å²) in [6.07, 6.45) is 1.03. The van der Waals surface area contributed by atoms with Crippen molar-refractivity contribution in [3.63, 3.8) is 0 Å². The lowest BCUT2D eigenvalue weighted by atomic mass is 9.82. The van der Waals surface area contributed by atoms with Crippen molar-refractivity contribution >= 4 is 11.6 Å². The monoisotopic (exact) mass is 293 g/mol. The molecule has 0 aliphatic heterocycles. The van der Waals surface area contributed by atoms with E-state index in [4.69, 9.17) is 5.84 Å². The molecule has 1 heterocycles. The van der Waals surface area contributed by atoms with E-state index < -0.39 is 0 Å². The van der Waals surface area contributed by atoms with Gasteiger partial charge in [-0.15, -0.1) is 0 Å². The zero-order valence-electron chi connectivity index (χ0n) is 14.8. The van der Waals surface area contributed by atoms with Gasteiger partial charge in [0.15, 0.2) is 0 Å². The molecule has 0 bridgehead atoms. The smallest absolute Gasteiger partial charge is 0.145 e. The molecule has 0 fully saturated rings. The van der Waals surface area contributed by atoms with Gasteiger partial charge in [0.05, 0.1) is 0 Å². The van der Waals surface area contributed by atoms with E-state index in [0.717, 1.165) is 18.1 Å². The highest BCUT2D eigenvalue weighted by Gasteiger charge is 2.27. The minimum atomic E-state index is -0.128. The summed E-state index contributed by atoms with van der Waals surface area (Å²) >= 11 is 0. The summed E-state index contributed by atoms with van der Waals surface area (Å²) in [6, 6.07) is 1.85. The standard InChI is InChI=1S/C16H31N5/c1-14(2,3)10-16(7,8)20-11-9-12(21-17)19-13(18-11)15(4,5)6/h9H,10,17H2,1-8H3,(H2,18,19,20,21). The van der Waals surface area contributed by atoms with Gasteiger partial charge in [-0.2, -0.15) is 0 Å². The second-order valence-electron chi connectivity index (χ2n) is 8.60. The maximum atomic E-state index is 5.53. The second-order valence-corrected chi connectivity index (χ2v) is 8.60. The van der Waals surface area contributed by atoms with Crippen molar-refractivity contribution in [1.29, 1.82) is 0 Å². The quantitative estimate of drug-likeness (QED) is 0.583. The summed E-state index contributed by atoms with van der Waals surface area (Å²) in [7, 11) is 0. The highest BCUT2D eigenvalue weighted by Crippen LogP contribution is 2.30. The Bertz CT molecular complexity index is 480. The predicted molar refractivity (Wildman–Crippen MR) is 90.3 cm³/mol. The molecule has 21 heavy (non-hydrogen) atoms. The van der Waals surface area contributed by atoms with Crippen LogP contribution in [0, 0.1) is 5.41 Å². The zero-order valence-corrected chi connectivity index (χ0v) is 14.8. The molecule has 1 aromatic heterocycles. The highest BCUT2D eigenvalue weighted by molar-refractivity contribution is 5.48. The second kappa shape index (κ2) is 5.79. The maximum absolute atomic E-state index is 5.53. The molecule has 0 radical (unpaired) electrons. The number of aromatic nitrogens is 2. The van der Waals surface area contributed by atoms with Gasteiger partial charge in [0.1, 0.15) is 17.5 Å². The van der Waals surface area contributed by atoms with E-state index in [0.29, 0.717) is 5.82 Å². The minimum absolute atomic E-state index is 0.0619. The first kappa shape index (κ1) is 17.7. The molecule has 5 heteroatoms. The van der Waals surface area contributed by atoms with Gasteiger partial charge in [-0.1, -0.05) is 41.5 Å². The van der Waals surface area contributed by atoms with Crippen molar-refractivity contribution < 1.29 is 0 Å². The number of hydrogen-bond donors (Lipinski definition) is 3. The first-order valence-electron chi connectivity index (χ1n) is 7.47. The molecule has 120 valence electrons.